The first kappa shape index (κ1) is 12.8. The van der Waals surface area contributed by atoms with Gasteiger partial charge in [0.1, 0.15) is 11.6 Å². The summed E-state index contributed by atoms with van der Waals surface area (Å²) in [4.78, 5) is 12.3. The third kappa shape index (κ3) is 2.71. The number of Topliss-reactive ketones (excluding diaryl/α,β-unsaturated/α-hetero) is 1. The summed E-state index contributed by atoms with van der Waals surface area (Å²) in [5.74, 6) is 0.149. The third-order valence-electron chi connectivity index (χ3n) is 4.50. The molecule has 1 aliphatic heterocycles. The maximum Gasteiger partial charge on any atom is 0.140 e. The summed E-state index contributed by atoms with van der Waals surface area (Å²) >= 11 is 0. The van der Waals surface area contributed by atoms with Gasteiger partial charge in [0.2, 0.25) is 0 Å². The second-order valence-corrected chi connectivity index (χ2v) is 5.84. The fourth-order valence-corrected chi connectivity index (χ4v) is 3.17. The van der Waals surface area contributed by atoms with E-state index in [0.717, 1.165) is 31.2 Å². The van der Waals surface area contributed by atoms with Gasteiger partial charge in [-0.1, -0.05) is 12.1 Å². The smallest absolute Gasteiger partial charge is 0.140 e. The van der Waals surface area contributed by atoms with E-state index in [1.54, 1.807) is 12.1 Å². The number of benzene rings is 1. The first-order valence-corrected chi connectivity index (χ1v) is 7.08. The molecule has 2 aliphatic rings. The largest absolute Gasteiger partial charge is 0.375 e. The van der Waals surface area contributed by atoms with Crippen LogP contribution in [0.25, 0.3) is 0 Å². The van der Waals surface area contributed by atoms with Crippen molar-refractivity contribution in [2.24, 2.45) is 5.92 Å². The quantitative estimate of drug-likeness (QED) is 0.835. The molecule has 102 valence electrons. The zero-order valence-corrected chi connectivity index (χ0v) is 11.0. The summed E-state index contributed by atoms with van der Waals surface area (Å²) in [5.41, 5.74) is 0.919. The van der Waals surface area contributed by atoms with Crippen LogP contribution in [0.2, 0.25) is 0 Å². The molecule has 0 aromatic heterocycles. The fraction of sp³-hybridized carbons (Fsp3) is 0.562. The summed E-state index contributed by atoms with van der Waals surface area (Å²) in [6.07, 6.45) is 5.56. The van der Waals surface area contributed by atoms with Gasteiger partial charge in [-0.15, -0.1) is 0 Å². The molecule has 1 heterocycles. The van der Waals surface area contributed by atoms with Gasteiger partial charge in [0, 0.05) is 18.9 Å². The maximum absolute atomic E-state index is 12.8. The van der Waals surface area contributed by atoms with Gasteiger partial charge in [-0.2, -0.15) is 0 Å². The fourth-order valence-electron chi connectivity index (χ4n) is 3.17. The molecule has 0 amide bonds. The topological polar surface area (TPSA) is 26.3 Å². The van der Waals surface area contributed by atoms with Gasteiger partial charge >= 0.3 is 0 Å². The van der Waals surface area contributed by atoms with Crippen molar-refractivity contribution >= 4 is 5.78 Å². The number of ether oxygens (including phenoxy) is 1. The Kier molecular flexibility index (Phi) is 3.40. The van der Waals surface area contributed by atoms with Crippen LogP contribution in [0, 0.1) is 11.7 Å². The lowest BCUT2D eigenvalue weighted by Gasteiger charge is -2.46. The molecule has 1 saturated carbocycles. The standard InChI is InChI=1S/C16H19FO2/c17-14-4-2-12(3-5-14)10-15(18)13-6-9-19-16(11-13)7-1-8-16/h2-5,13H,1,6-11H2. The van der Waals surface area contributed by atoms with E-state index in [9.17, 15) is 9.18 Å². The zero-order chi connectivity index (χ0) is 13.3. The van der Waals surface area contributed by atoms with Gasteiger partial charge < -0.3 is 4.74 Å². The highest BCUT2D eigenvalue weighted by molar-refractivity contribution is 5.83. The van der Waals surface area contributed by atoms with Crippen LogP contribution in [0.15, 0.2) is 24.3 Å². The number of carbonyl (C=O) groups excluding carboxylic acids is 1. The van der Waals surface area contributed by atoms with E-state index in [-0.39, 0.29) is 23.1 Å². The molecule has 3 rings (SSSR count). The minimum absolute atomic E-state index is 0.0153. The Hall–Kier alpha value is -1.22. The highest BCUT2D eigenvalue weighted by Gasteiger charge is 2.44. The summed E-state index contributed by atoms with van der Waals surface area (Å²) in [6.45, 7) is 0.708. The van der Waals surface area contributed by atoms with Crippen molar-refractivity contribution < 1.29 is 13.9 Å². The number of hydrogen-bond acceptors (Lipinski definition) is 2. The van der Waals surface area contributed by atoms with E-state index >= 15 is 0 Å². The average Bonchev–Trinajstić information content (AvgIpc) is 2.40. The van der Waals surface area contributed by atoms with Gasteiger partial charge in [-0.25, -0.2) is 4.39 Å². The molecule has 1 aromatic carbocycles. The summed E-state index contributed by atoms with van der Waals surface area (Å²) < 4.78 is 18.7. The molecular formula is C16H19FO2. The predicted molar refractivity (Wildman–Crippen MR) is 70.4 cm³/mol. The lowest BCUT2D eigenvalue weighted by Crippen LogP contribution is -2.47. The predicted octanol–water partition coefficient (Wildman–Crippen LogP) is 3.29. The van der Waals surface area contributed by atoms with Crippen molar-refractivity contribution in [1.82, 2.24) is 0 Å². The average molecular weight is 262 g/mol. The molecule has 1 saturated heterocycles. The Bertz CT molecular complexity index is 462. The first-order chi connectivity index (χ1) is 9.17. The zero-order valence-electron chi connectivity index (χ0n) is 11.0. The van der Waals surface area contributed by atoms with Crippen LogP contribution in [0.4, 0.5) is 4.39 Å². The molecule has 2 nitrogen and oxygen atoms in total. The maximum atomic E-state index is 12.8. The number of halogens is 1. The molecule has 0 radical (unpaired) electrons. The monoisotopic (exact) mass is 262 g/mol. The van der Waals surface area contributed by atoms with Crippen LogP contribution in [-0.2, 0) is 16.0 Å². The minimum Gasteiger partial charge on any atom is -0.375 e. The second kappa shape index (κ2) is 5.04. The van der Waals surface area contributed by atoms with Crippen LogP contribution in [-0.4, -0.2) is 18.0 Å². The molecule has 0 N–H and O–H groups in total. The first-order valence-electron chi connectivity index (χ1n) is 7.08. The highest BCUT2D eigenvalue weighted by atomic mass is 19.1. The lowest BCUT2D eigenvalue weighted by molar-refractivity contribution is -0.155. The number of rotatable bonds is 3. The van der Waals surface area contributed by atoms with Crippen molar-refractivity contribution in [2.45, 2.75) is 44.1 Å². The van der Waals surface area contributed by atoms with E-state index in [1.807, 2.05) is 0 Å². The van der Waals surface area contributed by atoms with Gasteiger partial charge in [0.25, 0.3) is 0 Å². The van der Waals surface area contributed by atoms with Gasteiger partial charge in [0.05, 0.1) is 5.60 Å². The minimum atomic E-state index is -0.254. The number of hydrogen-bond donors (Lipinski definition) is 0. The van der Waals surface area contributed by atoms with E-state index in [1.165, 1.54) is 18.6 Å². The van der Waals surface area contributed by atoms with Crippen molar-refractivity contribution in [3.05, 3.63) is 35.6 Å². The van der Waals surface area contributed by atoms with E-state index in [4.69, 9.17) is 4.74 Å². The summed E-state index contributed by atoms with van der Waals surface area (Å²) in [5, 5.41) is 0. The van der Waals surface area contributed by atoms with Gasteiger partial charge in [0.15, 0.2) is 0 Å². The van der Waals surface area contributed by atoms with Crippen LogP contribution in [0.5, 0.6) is 0 Å². The third-order valence-corrected chi connectivity index (χ3v) is 4.50. The Balaban J connectivity index is 1.62. The van der Waals surface area contributed by atoms with Crippen LogP contribution in [0.1, 0.15) is 37.7 Å². The Morgan fingerprint density at radius 2 is 2.05 bits per heavy atom. The van der Waals surface area contributed by atoms with E-state index in [2.05, 4.69) is 0 Å². The van der Waals surface area contributed by atoms with E-state index in [0.29, 0.717) is 13.0 Å². The Labute approximate surface area is 113 Å². The molecule has 2 fully saturated rings. The normalized spacial score (nSPS) is 25.0. The molecule has 1 spiro atoms. The molecule has 1 unspecified atom stereocenters. The van der Waals surface area contributed by atoms with Gasteiger partial charge in [-0.05, 0) is 49.8 Å². The Morgan fingerprint density at radius 1 is 1.32 bits per heavy atom. The summed E-state index contributed by atoms with van der Waals surface area (Å²) in [7, 11) is 0. The molecule has 1 atom stereocenters. The van der Waals surface area contributed by atoms with Crippen molar-refractivity contribution in [2.75, 3.05) is 6.61 Å². The number of ketones is 1. The van der Waals surface area contributed by atoms with Crippen LogP contribution >= 0.6 is 0 Å². The lowest BCUT2D eigenvalue weighted by atomic mass is 9.71. The Morgan fingerprint density at radius 3 is 2.68 bits per heavy atom. The molecule has 1 aliphatic carbocycles. The second-order valence-electron chi connectivity index (χ2n) is 5.84. The summed E-state index contributed by atoms with van der Waals surface area (Å²) in [6, 6.07) is 6.23. The SMILES string of the molecule is O=C(Cc1ccc(F)cc1)C1CCOC2(CCC2)C1. The van der Waals surface area contributed by atoms with Gasteiger partial charge in [-0.3, -0.25) is 4.79 Å². The van der Waals surface area contributed by atoms with Crippen LogP contribution < -0.4 is 0 Å². The van der Waals surface area contributed by atoms with Crippen molar-refractivity contribution in [1.29, 1.82) is 0 Å². The number of carbonyl (C=O) groups is 1. The molecule has 1 aromatic rings. The van der Waals surface area contributed by atoms with Crippen molar-refractivity contribution in [3.63, 3.8) is 0 Å². The highest BCUT2D eigenvalue weighted by Crippen LogP contribution is 2.44. The molecule has 0 bridgehead atoms. The molecular weight excluding hydrogens is 243 g/mol. The van der Waals surface area contributed by atoms with Crippen molar-refractivity contribution in [3.8, 4) is 0 Å². The van der Waals surface area contributed by atoms with Crippen LogP contribution in [0.3, 0.4) is 0 Å². The molecule has 19 heavy (non-hydrogen) atoms. The molecule has 3 heteroatoms. The van der Waals surface area contributed by atoms with E-state index < -0.39 is 0 Å².